The number of ether oxygens (including phenoxy) is 2. The number of aromatic nitrogens is 3. The van der Waals surface area contributed by atoms with E-state index in [1.807, 2.05) is 53.7 Å². The number of methoxy groups -OCH3 is 2. The van der Waals surface area contributed by atoms with E-state index in [-0.39, 0.29) is 5.91 Å². The van der Waals surface area contributed by atoms with Gasteiger partial charge in [0.25, 0.3) is 0 Å². The first kappa shape index (κ1) is 22.4. The number of amides is 1. The number of rotatable bonds is 9. The van der Waals surface area contributed by atoms with Crippen molar-refractivity contribution in [2.75, 3.05) is 26.5 Å². The van der Waals surface area contributed by atoms with Crippen molar-refractivity contribution in [3.63, 3.8) is 0 Å². The largest absolute Gasteiger partial charge is 0.493 e. The molecule has 0 fully saturated rings. The number of nitrogens with zero attached hydrogens (tertiary/aromatic N) is 4. The van der Waals surface area contributed by atoms with Gasteiger partial charge in [0.15, 0.2) is 17.3 Å². The van der Waals surface area contributed by atoms with Crippen LogP contribution in [0.4, 0.5) is 5.82 Å². The average molecular weight is 448 g/mol. The fourth-order valence-electron chi connectivity index (χ4n) is 4.19. The van der Waals surface area contributed by atoms with E-state index in [0.717, 1.165) is 46.9 Å². The van der Waals surface area contributed by atoms with Gasteiger partial charge in [0, 0.05) is 37.5 Å². The van der Waals surface area contributed by atoms with Crippen LogP contribution in [0.2, 0.25) is 0 Å². The van der Waals surface area contributed by atoms with Crippen LogP contribution in [-0.4, -0.2) is 46.1 Å². The Morgan fingerprint density at radius 3 is 2.67 bits per heavy atom. The number of nitrogen functional groups attached to an aromatic ring is 1. The predicted octanol–water partition coefficient (Wildman–Crippen LogP) is 4.01. The van der Waals surface area contributed by atoms with Gasteiger partial charge in [-0.25, -0.2) is 9.97 Å². The first-order chi connectivity index (χ1) is 16.0. The quantitative estimate of drug-likeness (QED) is 0.390. The van der Waals surface area contributed by atoms with Crippen molar-refractivity contribution in [1.82, 2.24) is 19.4 Å². The zero-order chi connectivity index (χ0) is 23.4. The van der Waals surface area contributed by atoms with E-state index in [2.05, 4.69) is 14.5 Å². The van der Waals surface area contributed by atoms with Crippen molar-refractivity contribution in [3.8, 4) is 11.5 Å². The highest BCUT2D eigenvalue weighted by Crippen LogP contribution is 2.32. The van der Waals surface area contributed by atoms with Gasteiger partial charge in [-0.1, -0.05) is 30.3 Å². The molecule has 2 aromatic carbocycles. The molecule has 8 heteroatoms. The normalized spacial score (nSPS) is 11.1. The van der Waals surface area contributed by atoms with Gasteiger partial charge in [0.05, 0.1) is 31.6 Å². The van der Waals surface area contributed by atoms with Crippen LogP contribution in [0, 0.1) is 0 Å². The molecule has 1 amide bonds. The van der Waals surface area contributed by atoms with Crippen molar-refractivity contribution in [1.29, 1.82) is 0 Å². The van der Waals surface area contributed by atoms with Crippen LogP contribution in [0.3, 0.4) is 0 Å². The minimum Gasteiger partial charge on any atom is -0.493 e. The van der Waals surface area contributed by atoms with Crippen molar-refractivity contribution < 1.29 is 14.3 Å². The highest BCUT2D eigenvalue weighted by Gasteiger charge is 2.16. The molecule has 172 valence electrons. The topological polar surface area (TPSA) is 95.5 Å². The van der Waals surface area contributed by atoms with E-state index < -0.39 is 0 Å². The minimum absolute atomic E-state index is 0.0257. The van der Waals surface area contributed by atoms with Crippen molar-refractivity contribution >= 4 is 33.7 Å². The van der Waals surface area contributed by atoms with E-state index in [1.165, 1.54) is 0 Å². The number of benzene rings is 2. The highest BCUT2D eigenvalue weighted by molar-refractivity contribution is 6.06. The molecule has 0 radical (unpaired) electrons. The molecule has 0 aliphatic heterocycles. The van der Waals surface area contributed by atoms with Gasteiger partial charge in [-0.3, -0.25) is 4.79 Å². The molecule has 2 N–H and O–H groups in total. The maximum atomic E-state index is 12.3. The maximum absolute atomic E-state index is 12.3. The molecule has 0 aliphatic carbocycles. The predicted molar refractivity (Wildman–Crippen MR) is 129 cm³/mol. The number of anilines is 1. The molecule has 8 nitrogen and oxygen atoms in total. The third-order valence-electron chi connectivity index (χ3n) is 5.85. The van der Waals surface area contributed by atoms with Crippen molar-refractivity contribution in [3.05, 3.63) is 54.4 Å². The summed E-state index contributed by atoms with van der Waals surface area (Å²) in [6.07, 6.45) is 3.56. The molecule has 33 heavy (non-hydrogen) atoms. The number of fused-ring (bicyclic) bond motifs is 3. The Labute approximate surface area is 192 Å². The Hall–Kier alpha value is -3.81. The summed E-state index contributed by atoms with van der Waals surface area (Å²) >= 11 is 0. The van der Waals surface area contributed by atoms with Gasteiger partial charge in [-0.15, -0.1) is 0 Å². The number of imidazole rings is 1. The Balaban J connectivity index is 1.45. The molecule has 0 atom stereocenters. The number of para-hydroxylation sites is 2. The number of unbranched alkanes of at least 4 members (excludes halogenated alkanes) is 1. The molecule has 2 aromatic heterocycles. The first-order valence-corrected chi connectivity index (χ1v) is 11.0. The SMILES string of the molecule is COc1cccc(CN(CCCCn2cnc3c(N)nc4ccccc4c32)C(C)=O)c1OC. The lowest BCUT2D eigenvalue weighted by atomic mass is 10.1. The van der Waals surface area contributed by atoms with Crippen LogP contribution >= 0.6 is 0 Å². The van der Waals surface area contributed by atoms with E-state index >= 15 is 0 Å². The van der Waals surface area contributed by atoms with Gasteiger partial charge >= 0.3 is 0 Å². The summed E-state index contributed by atoms with van der Waals surface area (Å²) in [5.41, 5.74) is 9.64. The first-order valence-electron chi connectivity index (χ1n) is 11.0. The second kappa shape index (κ2) is 9.77. The molecule has 2 heterocycles. The van der Waals surface area contributed by atoms with Crippen molar-refractivity contribution in [2.24, 2.45) is 0 Å². The summed E-state index contributed by atoms with van der Waals surface area (Å²) in [5, 5.41) is 1.04. The Morgan fingerprint density at radius 1 is 1.09 bits per heavy atom. The van der Waals surface area contributed by atoms with Gasteiger partial charge in [-0.05, 0) is 25.0 Å². The Bertz CT molecular complexity index is 1280. The summed E-state index contributed by atoms with van der Waals surface area (Å²) < 4.78 is 13.0. The number of carbonyl (C=O) groups is 1. The van der Waals surface area contributed by atoms with Gasteiger partial charge < -0.3 is 24.7 Å². The summed E-state index contributed by atoms with van der Waals surface area (Å²) in [6.45, 7) is 3.49. The average Bonchev–Trinajstić information content (AvgIpc) is 3.25. The molecule has 4 aromatic rings. The van der Waals surface area contributed by atoms with Crippen LogP contribution in [-0.2, 0) is 17.9 Å². The number of nitrogens with two attached hydrogens (primary N) is 1. The molecule has 0 bridgehead atoms. The monoisotopic (exact) mass is 447 g/mol. The highest BCUT2D eigenvalue weighted by atomic mass is 16.5. The molecule has 0 aliphatic rings. The van der Waals surface area contributed by atoms with Crippen LogP contribution in [0.15, 0.2) is 48.8 Å². The summed E-state index contributed by atoms with van der Waals surface area (Å²) in [7, 11) is 3.22. The number of pyridine rings is 1. The number of hydrogen-bond acceptors (Lipinski definition) is 6. The number of carbonyl (C=O) groups excluding carboxylic acids is 1. The van der Waals surface area contributed by atoms with E-state index in [4.69, 9.17) is 15.2 Å². The third-order valence-corrected chi connectivity index (χ3v) is 5.85. The van der Waals surface area contributed by atoms with E-state index in [0.29, 0.717) is 30.4 Å². The van der Waals surface area contributed by atoms with Crippen LogP contribution in [0.5, 0.6) is 11.5 Å². The summed E-state index contributed by atoms with van der Waals surface area (Å²) in [5.74, 6) is 1.79. The molecular formula is C25H29N5O3. The zero-order valence-electron chi connectivity index (χ0n) is 19.2. The van der Waals surface area contributed by atoms with E-state index in [1.54, 1.807) is 21.1 Å². The lowest BCUT2D eigenvalue weighted by molar-refractivity contribution is -0.129. The summed E-state index contributed by atoms with van der Waals surface area (Å²) in [4.78, 5) is 23.1. The Kier molecular flexibility index (Phi) is 6.63. The second-order valence-corrected chi connectivity index (χ2v) is 7.95. The minimum atomic E-state index is 0.0257. The number of aryl methyl sites for hydroxylation is 1. The zero-order valence-corrected chi connectivity index (χ0v) is 19.2. The third kappa shape index (κ3) is 4.55. The second-order valence-electron chi connectivity index (χ2n) is 7.95. The molecule has 4 rings (SSSR count). The molecule has 0 saturated carbocycles. The Morgan fingerprint density at radius 2 is 1.91 bits per heavy atom. The van der Waals surface area contributed by atoms with Gasteiger partial charge in [0.1, 0.15) is 5.52 Å². The molecular weight excluding hydrogens is 418 g/mol. The van der Waals surface area contributed by atoms with Gasteiger partial charge in [0.2, 0.25) is 5.91 Å². The van der Waals surface area contributed by atoms with Crippen LogP contribution in [0.25, 0.3) is 21.9 Å². The fraction of sp³-hybridized carbons (Fsp3) is 0.320. The summed E-state index contributed by atoms with van der Waals surface area (Å²) in [6, 6.07) is 13.7. The van der Waals surface area contributed by atoms with Crippen LogP contribution in [0.1, 0.15) is 25.3 Å². The fourth-order valence-corrected chi connectivity index (χ4v) is 4.19. The van der Waals surface area contributed by atoms with Crippen molar-refractivity contribution in [2.45, 2.75) is 32.9 Å². The molecule has 0 spiro atoms. The molecule has 0 unspecified atom stereocenters. The van der Waals surface area contributed by atoms with Gasteiger partial charge in [-0.2, -0.15) is 0 Å². The van der Waals surface area contributed by atoms with Crippen LogP contribution < -0.4 is 15.2 Å². The number of hydrogen-bond donors (Lipinski definition) is 1. The smallest absolute Gasteiger partial charge is 0.219 e. The molecule has 0 saturated heterocycles. The maximum Gasteiger partial charge on any atom is 0.219 e. The lowest BCUT2D eigenvalue weighted by Gasteiger charge is -2.23. The van der Waals surface area contributed by atoms with E-state index in [9.17, 15) is 4.79 Å². The lowest BCUT2D eigenvalue weighted by Crippen LogP contribution is -2.29. The standard InChI is InChI=1S/C25H29N5O3/c1-17(31)29(15-18-9-8-12-21(32-2)24(18)33-3)13-6-7-14-30-16-27-22-23(30)19-10-4-5-11-20(19)28-25(22)26/h4-5,8-12,16H,6-7,13-15H2,1-3H3,(H2,26,28).